The molecular formula is C17H18BrNO3. The lowest BCUT2D eigenvalue weighted by Crippen LogP contribution is -2.41. The highest BCUT2D eigenvalue weighted by molar-refractivity contribution is 9.10. The van der Waals surface area contributed by atoms with Crippen molar-refractivity contribution in [3.8, 4) is 11.5 Å². The van der Waals surface area contributed by atoms with E-state index in [2.05, 4.69) is 28.9 Å². The van der Waals surface area contributed by atoms with Gasteiger partial charge in [-0.25, -0.2) is 0 Å². The zero-order valence-corrected chi connectivity index (χ0v) is 14.2. The molecule has 0 amide bonds. The molecule has 0 fully saturated rings. The molecule has 0 bridgehead atoms. The molecule has 3 aliphatic rings. The second kappa shape index (κ2) is 4.83. The maximum Gasteiger partial charge on any atom is 0.175 e. The highest BCUT2D eigenvalue weighted by Crippen LogP contribution is 2.59. The molecule has 1 aromatic rings. The third kappa shape index (κ3) is 1.82. The number of rotatable bonds is 1. The first-order valence-corrected chi connectivity index (χ1v) is 8.33. The van der Waals surface area contributed by atoms with E-state index in [1.807, 2.05) is 12.1 Å². The molecule has 0 saturated carbocycles. The Hall–Kier alpha value is -1.33. The van der Waals surface area contributed by atoms with Crippen molar-refractivity contribution in [2.45, 2.75) is 43.8 Å². The minimum atomic E-state index is -0.451. The van der Waals surface area contributed by atoms with Crippen LogP contribution in [0.15, 0.2) is 27.7 Å². The lowest BCUT2D eigenvalue weighted by atomic mass is 9.69. The van der Waals surface area contributed by atoms with E-state index in [4.69, 9.17) is 14.5 Å². The van der Waals surface area contributed by atoms with Crippen molar-refractivity contribution in [2.24, 2.45) is 4.99 Å². The number of aliphatic hydroxyl groups is 1. The summed E-state index contributed by atoms with van der Waals surface area (Å²) >= 11 is 3.56. The van der Waals surface area contributed by atoms with Crippen molar-refractivity contribution in [3.05, 3.63) is 28.3 Å². The summed E-state index contributed by atoms with van der Waals surface area (Å²) in [6, 6.07) is 2.01. The van der Waals surface area contributed by atoms with Gasteiger partial charge in [0.25, 0.3) is 0 Å². The summed E-state index contributed by atoms with van der Waals surface area (Å²) in [5.74, 6) is 1.49. The quantitative estimate of drug-likeness (QED) is 0.774. The standard InChI is InChI=1S/C17H18BrNO3/c1-9-3-5-17-6-4-10(20)7-13(17)22-16-14(17)12(19-9)8-11(18)15(16)21-2/h4,6,8,10,13,20H,3,5,7H2,1-2H3/t10-,13+,17-/m0/s1. The minimum absolute atomic E-state index is 0.0643. The summed E-state index contributed by atoms with van der Waals surface area (Å²) < 4.78 is 12.7. The fourth-order valence-corrected chi connectivity index (χ4v) is 4.45. The van der Waals surface area contributed by atoms with Crippen LogP contribution in [0.5, 0.6) is 11.5 Å². The Labute approximate surface area is 138 Å². The van der Waals surface area contributed by atoms with Crippen LogP contribution in [-0.4, -0.2) is 30.1 Å². The molecule has 2 aliphatic heterocycles. The predicted molar refractivity (Wildman–Crippen MR) is 88.6 cm³/mol. The molecule has 0 radical (unpaired) electrons. The van der Waals surface area contributed by atoms with E-state index < -0.39 is 6.10 Å². The van der Waals surface area contributed by atoms with Crippen molar-refractivity contribution < 1.29 is 14.6 Å². The summed E-state index contributed by atoms with van der Waals surface area (Å²) in [6.07, 6.45) is 5.98. The van der Waals surface area contributed by atoms with E-state index in [1.54, 1.807) is 7.11 Å². The van der Waals surface area contributed by atoms with Crippen LogP contribution in [0.25, 0.3) is 0 Å². The van der Waals surface area contributed by atoms with E-state index in [9.17, 15) is 5.11 Å². The molecule has 4 rings (SSSR count). The largest absolute Gasteiger partial charge is 0.492 e. The van der Waals surface area contributed by atoms with Crippen LogP contribution in [0.4, 0.5) is 5.69 Å². The summed E-state index contributed by atoms with van der Waals surface area (Å²) in [6.45, 7) is 2.07. The van der Waals surface area contributed by atoms with Gasteiger partial charge in [0.05, 0.1) is 28.8 Å². The Morgan fingerprint density at radius 3 is 3.09 bits per heavy atom. The number of hydrogen-bond donors (Lipinski definition) is 1. The highest BCUT2D eigenvalue weighted by atomic mass is 79.9. The fourth-order valence-electron chi connectivity index (χ4n) is 3.89. The van der Waals surface area contributed by atoms with Gasteiger partial charge in [-0.2, -0.15) is 0 Å². The average molecular weight is 364 g/mol. The Bertz CT molecular complexity index is 712. The van der Waals surface area contributed by atoms with Crippen LogP contribution in [0.3, 0.4) is 0 Å². The number of hydrogen-bond acceptors (Lipinski definition) is 4. The van der Waals surface area contributed by atoms with Crippen LogP contribution in [-0.2, 0) is 5.41 Å². The minimum Gasteiger partial charge on any atom is -0.492 e. The van der Waals surface area contributed by atoms with Gasteiger partial charge in [0.1, 0.15) is 6.10 Å². The molecule has 5 heteroatoms. The smallest absolute Gasteiger partial charge is 0.175 e. The average Bonchev–Trinajstić information content (AvgIpc) is 2.72. The molecule has 2 heterocycles. The van der Waals surface area contributed by atoms with Crippen molar-refractivity contribution >= 4 is 27.3 Å². The lowest BCUT2D eigenvalue weighted by molar-refractivity contribution is 0.0855. The third-order valence-corrected chi connectivity index (χ3v) is 5.55. The van der Waals surface area contributed by atoms with E-state index in [0.717, 1.165) is 40.0 Å². The van der Waals surface area contributed by atoms with Crippen molar-refractivity contribution in [3.63, 3.8) is 0 Å². The van der Waals surface area contributed by atoms with Gasteiger partial charge in [0, 0.05) is 17.7 Å². The lowest BCUT2D eigenvalue weighted by Gasteiger charge is -2.35. The molecule has 0 unspecified atom stereocenters. The molecule has 4 nitrogen and oxygen atoms in total. The van der Waals surface area contributed by atoms with Crippen LogP contribution in [0, 0.1) is 0 Å². The Kier molecular flexibility index (Phi) is 3.13. The molecule has 1 spiro atoms. The van der Waals surface area contributed by atoms with Gasteiger partial charge >= 0.3 is 0 Å². The van der Waals surface area contributed by atoms with Crippen LogP contribution < -0.4 is 9.47 Å². The number of ether oxygens (including phenoxy) is 2. The first-order valence-electron chi connectivity index (χ1n) is 7.54. The maximum atomic E-state index is 10.00. The zero-order chi connectivity index (χ0) is 15.5. The molecule has 0 saturated heterocycles. The number of halogens is 1. The zero-order valence-electron chi connectivity index (χ0n) is 12.6. The molecule has 116 valence electrons. The van der Waals surface area contributed by atoms with Crippen LogP contribution >= 0.6 is 15.9 Å². The second-order valence-corrected chi connectivity index (χ2v) is 7.13. The second-order valence-electron chi connectivity index (χ2n) is 6.27. The molecule has 1 N–H and O–H groups in total. The van der Waals surface area contributed by atoms with Gasteiger partial charge in [-0.15, -0.1) is 0 Å². The van der Waals surface area contributed by atoms with Crippen LogP contribution in [0.2, 0.25) is 0 Å². The van der Waals surface area contributed by atoms with Crippen molar-refractivity contribution in [2.75, 3.05) is 7.11 Å². The fraction of sp³-hybridized carbons (Fsp3) is 0.471. The normalized spacial score (nSPS) is 31.7. The topological polar surface area (TPSA) is 51.0 Å². The van der Waals surface area contributed by atoms with Gasteiger partial charge in [-0.05, 0) is 41.8 Å². The Morgan fingerprint density at radius 1 is 1.50 bits per heavy atom. The molecule has 1 aliphatic carbocycles. The van der Waals surface area contributed by atoms with Gasteiger partial charge < -0.3 is 14.6 Å². The first-order chi connectivity index (χ1) is 10.5. The highest BCUT2D eigenvalue weighted by Gasteiger charge is 2.52. The predicted octanol–water partition coefficient (Wildman–Crippen LogP) is 3.66. The van der Waals surface area contributed by atoms with E-state index in [0.29, 0.717) is 12.2 Å². The van der Waals surface area contributed by atoms with E-state index in [1.165, 1.54) is 0 Å². The van der Waals surface area contributed by atoms with Crippen molar-refractivity contribution in [1.29, 1.82) is 0 Å². The SMILES string of the molecule is COc1c(Br)cc2c3c1O[C@@H]1C[C@@H](O)C=C[C@]31CCC(C)=N2. The van der Waals surface area contributed by atoms with E-state index >= 15 is 0 Å². The molecular weight excluding hydrogens is 346 g/mol. The number of benzene rings is 1. The van der Waals surface area contributed by atoms with E-state index in [-0.39, 0.29) is 11.5 Å². The molecule has 3 atom stereocenters. The maximum absolute atomic E-state index is 10.00. The van der Waals surface area contributed by atoms with Gasteiger partial charge in [0.2, 0.25) is 0 Å². The molecule has 0 aromatic heterocycles. The third-order valence-electron chi connectivity index (χ3n) is 4.96. The van der Waals surface area contributed by atoms with Crippen LogP contribution in [0.1, 0.15) is 31.7 Å². The first kappa shape index (κ1) is 14.3. The molecule has 1 aromatic carbocycles. The van der Waals surface area contributed by atoms with Gasteiger partial charge in [-0.3, -0.25) is 4.99 Å². The molecule has 22 heavy (non-hydrogen) atoms. The van der Waals surface area contributed by atoms with Crippen molar-refractivity contribution in [1.82, 2.24) is 0 Å². The van der Waals surface area contributed by atoms with Gasteiger partial charge in [-0.1, -0.05) is 12.2 Å². The number of nitrogens with zero attached hydrogens (tertiary/aromatic N) is 1. The Morgan fingerprint density at radius 2 is 2.32 bits per heavy atom. The summed E-state index contributed by atoms with van der Waals surface area (Å²) in [4.78, 5) is 4.79. The monoisotopic (exact) mass is 363 g/mol. The Balaban J connectivity index is 2.02. The number of aliphatic hydroxyl groups excluding tert-OH is 1. The number of aliphatic imine (C=N–C) groups is 1. The summed E-state index contributed by atoms with van der Waals surface area (Å²) in [7, 11) is 1.65. The van der Waals surface area contributed by atoms with Gasteiger partial charge in [0.15, 0.2) is 11.5 Å². The summed E-state index contributed by atoms with van der Waals surface area (Å²) in [5, 5.41) is 10.00. The number of methoxy groups -OCH3 is 1. The summed E-state index contributed by atoms with van der Waals surface area (Å²) in [5.41, 5.74) is 2.97.